The van der Waals surface area contributed by atoms with Crippen LogP contribution in [0.5, 0.6) is 0 Å². The predicted octanol–water partition coefficient (Wildman–Crippen LogP) is 0.996. The maximum atomic E-state index is 12.5. The van der Waals surface area contributed by atoms with E-state index in [9.17, 15) is 24.0 Å². The van der Waals surface area contributed by atoms with Gasteiger partial charge in [-0.05, 0) is 5.56 Å². The van der Waals surface area contributed by atoms with Crippen molar-refractivity contribution in [1.29, 1.82) is 0 Å². The Hall–Kier alpha value is -3.67. The zero-order chi connectivity index (χ0) is 25.3. The molecule has 1 aliphatic rings. The van der Waals surface area contributed by atoms with Gasteiger partial charge in [0, 0.05) is 27.7 Å². The first-order valence-corrected chi connectivity index (χ1v) is 10.3. The molecule has 2 rings (SSSR count). The summed E-state index contributed by atoms with van der Waals surface area (Å²) in [4.78, 5) is 59.1. The minimum Gasteiger partial charge on any atom is -0.463 e. The van der Waals surface area contributed by atoms with E-state index < -0.39 is 67.2 Å². The first kappa shape index (κ1) is 26.6. The summed E-state index contributed by atoms with van der Waals surface area (Å²) in [5.41, 5.74) is 0.713. The molecule has 1 fully saturated rings. The quantitative estimate of drug-likeness (QED) is 0.418. The number of alkyl carbamates (subject to hydrolysis) is 1. The van der Waals surface area contributed by atoms with Crippen molar-refractivity contribution >= 4 is 30.0 Å². The number of benzene rings is 1. The van der Waals surface area contributed by atoms with Gasteiger partial charge in [0.15, 0.2) is 12.2 Å². The second kappa shape index (κ2) is 12.5. The van der Waals surface area contributed by atoms with Crippen molar-refractivity contribution in [3.05, 3.63) is 35.9 Å². The lowest BCUT2D eigenvalue weighted by Crippen LogP contribution is -2.67. The van der Waals surface area contributed by atoms with Gasteiger partial charge in [0.25, 0.3) is 0 Å². The van der Waals surface area contributed by atoms with Gasteiger partial charge in [-0.2, -0.15) is 0 Å². The first-order chi connectivity index (χ1) is 16.1. The third-order valence-corrected chi connectivity index (χ3v) is 4.48. The molecule has 1 N–H and O–H groups in total. The number of carbonyl (C=O) groups excluding carboxylic acids is 5. The molecule has 0 aliphatic carbocycles. The van der Waals surface area contributed by atoms with Gasteiger partial charge in [-0.1, -0.05) is 30.3 Å². The van der Waals surface area contributed by atoms with Crippen LogP contribution in [0.4, 0.5) is 4.79 Å². The van der Waals surface area contributed by atoms with Crippen LogP contribution in [0.15, 0.2) is 30.3 Å². The van der Waals surface area contributed by atoms with Gasteiger partial charge in [0.2, 0.25) is 6.29 Å². The fraction of sp³-hybridized carbons (Fsp3) is 0.500. The molecule has 34 heavy (non-hydrogen) atoms. The molecule has 0 bridgehead atoms. The highest BCUT2D eigenvalue weighted by Gasteiger charge is 2.52. The van der Waals surface area contributed by atoms with Crippen LogP contribution in [0.2, 0.25) is 0 Å². The van der Waals surface area contributed by atoms with Crippen molar-refractivity contribution in [2.75, 3.05) is 6.61 Å². The first-order valence-electron chi connectivity index (χ1n) is 10.3. The second-order valence-corrected chi connectivity index (χ2v) is 7.33. The summed E-state index contributed by atoms with van der Waals surface area (Å²) >= 11 is 0. The molecule has 0 radical (unpaired) electrons. The van der Waals surface area contributed by atoms with Crippen LogP contribution in [0, 0.1) is 0 Å². The Bertz CT molecular complexity index is 888. The van der Waals surface area contributed by atoms with E-state index in [0.717, 1.165) is 27.7 Å². The van der Waals surface area contributed by atoms with Gasteiger partial charge >= 0.3 is 30.0 Å². The molecule has 1 aromatic rings. The number of rotatable bonds is 8. The monoisotopic (exact) mass is 481 g/mol. The van der Waals surface area contributed by atoms with Gasteiger partial charge in [0.1, 0.15) is 25.4 Å². The molecule has 0 unspecified atom stereocenters. The van der Waals surface area contributed by atoms with Crippen molar-refractivity contribution in [2.45, 2.75) is 64.9 Å². The van der Waals surface area contributed by atoms with Crippen LogP contribution < -0.4 is 5.32 Å². The van der Waals surface area contributed by atoms with E-state index in [1.54, 1.807) is 30.3 Å². The van der Waals surface area contributed by atoms with Crippen LogP contribution >= 0.6 is 0 Å². The van der Waals surface area contributed by atoms with E-state index in [-0.39, 0.29) is 6.61 Å². The highest BCUT2D eigenvalue weighted by Crippen LogP contribution is 2.28. The average Bonchev–Trinajstić information content (AvgIpc) is 2.74. The van der Waals surface area contributed by atoms with Crippen LogP contribution in [-0.2, 0) is 54.2 Å². The molecule has 0 aromatic heterocycles. The van der Waals surface area contributed by atoms with Crippen LogP contribution in [0.1, 0.15) is 33.3 Å². The lowest BCUT2D eigenvalue weighted by atomic mass is 9.96. The van der Waals surface area contributed by atoms with Gasteiger partial charge < -0.3 is 33.7 Å². The molecule has 1 amide bonds. The van der Waals surface area contributed by atoms with E-state index in [1.807, 2.05) is 0 Å². The Kier molecular flexibility index (Phi) is 9.80. The SMILES string of the molecule is CC(=O)OC[C@H]1O[C@H](OC(C)=O)[C@@H](NC(=O)OCc2ccccc2)[C@@H](OC(C)=O)[C@@H]1OC(C)=O. The number of ether oxygens (including phenoxy) is 6. The molecule has 1 aliphatic heterocycles. The maximum absolute atomic E-state index is 12.5. The fourth-order valence-electron chi connectivity index (χ4n) is 3.22. The lowest BCUT2D eigenvalue weighted by molar-refractivity contribution is -0.270. The van der Waals surface area contributed by atoms with E-state index in [2.05, 4.69) is 5.32 Å². The zero-order valence-corrected chi connectivity index (χ0v) is 19.2. The normalized spacial score (nSPS) is 23.7. The highest BCUT2D eigenvalue weighted by atomic mass is 16.7. The van der Waals surface area contributed by atoms with Crippen LogP contribution in [-0.4, -0.2) is 67.2 Å². The summed E-state index contributed by atoms with van der Waals surface area (Å²) in [6, 6.07) is 7.51. The Morgan fingerprint density at radius 1 is 0.794 bits per heavy atom. The summed E-state index contributed by atoms with van der Waals surface area (Å²) in [5.74, 6) is -2.95. The largest absolute Gasteiger partial charge is 0.463 e. The fourth-order valence-corrected chi connectivity index (χ4v) is 3.22. The Balaban J connectivity index is 2.30. The van der Waals surface area contributed by atoms with Gasteiger partial charge in [0.05, 0.1) is 0 Å². The molecular formula is C22H27NO11. The molecule has 5 atom stereocenters. The van der Waals surface area contributed by atoms with Gasteiger partial charge in [-0.3, -0.25) is 19.2 Å². The molecule has 12 heteroatoms. The molecular weight excluding hydrogens is 454 g/mol. The molecule has 1 heterocycles. The molecule has 0 saturated carbocycles. The van der Waals surface area contributed by atoms with Crippen molar-refractivity contribution in [2.24, 2.45) is 0 Å². The molecule has 1 saturated heterocycles. The minimum atomic E-state index is -1.49. The maximum Gasteiger partial charge on any atom is 0.408 e. The molecule has 1 aromatic carbocycles. The van der Waals surface area contributed by atoms with Crippen molar-refractivity contribution in [1.82, 2.24) is 5.32 Å². The third kappa shape index (κ3) is 8.35. The van der Waals surface area contributed by atoms with Crippen molar-refractivity contribution in [3.63, 3.8) is 0 Å². The Morgan fingerprint density at radius 3 is 1.94 bits per heavy atom. The van der Waals surface area contributed by atoms with Crippen molar-refractivity contribution in [3.8, 4) is 0 Å². The number of hydrogen-bond acceptors (Lipinski definition) is 11. The summed E-state index contributed by atoms with van der Waals surface area (Å²) in [6.45, 7) is 4.00. The lowest BCUT2D eigenvalue weighted by Gasteiger charge is -2.44. The molecule has 186 valence electrons. The molecule has 0 spiro atoms. The minimum absolute atomic E-state index is 0.0703. The standard InChI is InChI=1S/C22H27NO11/c1-12(24)29-11-17-19(31-13(2)25)20(32-14(3)26)18(21(34-17)33-15(4)27)23-22(28)30-10-16-8-6-5-7-9-16/h5-9,17-21H,10-11H2,1-4H3,(H,23,28)/t17-,18+,19-,20-,21+/m1/s1. The third-order valence-electron chi connectivity index (χ3n) is 4.48. The van der Waals surface area contributed by atoms with E-state index in [0.29, 0.717) is 5.56 Å². The topological polar surface area (TPSA) is 153 Å². The summed E-state index contributed by atoms with van der Waals surface area (Å²) in [5, 5.41) is 2.45. The Labute approximate surface area is 195 Å². The van der Waals surface area contributed by atoms with Crippen LogP contribution in [0.25, 0.3) is 0 Å². The number of nitrogens with one attached hydrogen (secondary N) is 1. The molecule has 12 nitrogen and oxygen atoms in total. The van der Waals surface area contributed by atoms with E-state index in [1.165, 1.54) is 0 Å². The number of carbonyl (C=O) groups is 5. The summed E-state index contributed by atoms with van der Waals surface area (Å²) in [6.07, 6.45) is -6.29. The van der Waals surface area contributed by atoms with Crippen LogP contribution in [0.3, 0.4) is 0 Å². The van der Waals surface area contributed by atoms with E-state index in [4.69, 9.17) is 28.4 Å². The second-order valence-electron chi connectivity index (χ2n) is 7.33. The summed E-state index contributed by atoms with van der Waals surface area (Å²) < 4.78 is 31.6. The van der Waals surface area contributed by atoms with Gasteiger partial charge in [-0.15, -0.1) is 0 Å². The Morgan fingerprint density at radius 2 is 1.38 bits per heavy atom. The summed E-state index contributed by atoms with van der Waals surface area (Å²) in [7, 11) is 0. The average molecular weight is 481 g/mol. The smallest absolute Gasteiger partial charge is 0.408 e. The van der Waals surface area contributed by atoms with E-state index >= 15 is 0 Å². The number of hydrogen-bond donors (Lipinski definition) is 1. The number of amides is 1. The zero-order valence-electron chi connectivity index (χ0n) is 19.2. The van der Waals surface area contributed by atoms with Crippen molar-refractivity contribution < 1.29 is 52.4 Å². The predicted molar refractivity (Wildman–Crippen MR) is 112 cm³/mol. The number of esters is 4. The van der Waals surface area contributed by atoms with Gasteiger partial charge in [-0.25, -0.2) is 4.79 Å². The highest BCUT2D eigenvalue weighted by molar-refractivity contribution is 5.70.